The van der Waals surface area contributed by atoms with Gasteiger partial charge in [0.1, 0.15) is 39.7 Å². The minimum absolute atomic E-state index is 0.0870. The molecule has 4 atom stereocenters. The number of nitrogens with two attached hydrogens (primary N) is 1. The highest BCUT2D eigenvalue weighted by Gasteiger charge is 2.54. The van der Waals surface area contributed by atoms with Crippen molar-refractivity contribution in [2.45, 2.75) is 183 Å². The minimum Gasteiger partial charge on any atom is -0.476 e. The number of aliphatic carboxylic acids is 1. The van der Waals surface area contributed by atoms with Crippen LogP contribution < -0.4 is 16.4 Å². The number of thiazole rings is 2. The molecule has 2 amide bonds. The Morgan fingerprint density at radius 1 is 0.463 bits per heavy atom. The number of amides is 2. The van der Waals surface area contributed by atoms with E-state index >= 15 is 0 Å². The number of carboxylic acid groups (broad SMARTS) is 1. The highest BCUT2D eigenvalue weighted by molar-refractivity contribution is 7.85. The van der Waals surface area contributed by atoms with Crippen molar-refractivity contribution in [1.29, 1.82) is 0 Å². The van der Waals surface area contributed by atoms with Crippen LogP contribution in [0.1, 0.15) is 176 Å². The number of hydrogen-bond acceptors (Lipinski definition) is 29. The second-order valence-corrected chi connectivity index (χ2v) is 37.3. The quantitative estimate of drug-likeness (QED) is 0.00726. The highest BCUT2D eigenvalue weighted by Crippen LogP contribution is 2.44. The Balaban J connectivity index is 0.000000256. The van der Waals surface area contributed by atoms with E-state index in [0.29, 0.717) is 18.9 Å². The summed E-state index contributed by atoms with van der Waals surface area (Å²) < 4.78 is 81.9. The molecule has 2 aliphatic heterocycles. The van der Waals surface area contributed by atoms with Crippen LogP contribution in [0.3, 0.4) is 0 Å². The summed E-state index contributed by atoms with van der Waals surface area (Å²) in [4.78, 5) is 122. The van der Waals surface area contributed by atoms with E-state index in [4.69, 9.17) is 47.7 Å². The number of Topliss-reactive ketones (excluding diaryl/α,β-unsaturated/α-hetero) is 1. The third-order valence-corrected chi connectivity index (χ3v) is 23.2. The number of nitrogens with zero attached hydrogens (tertiary/aromatic N) is 6. The monoisotopic (exact) mass is 1740 g/mol. The van der Waals surface area contributed by atoms with Gasteiger partial charge in [-0.05, 0) is 158 Å². The number of hydrogen-bond donors (Lipinski definition) is 4. The zero-order chi connectivity index (χ0) is 89.5. The first kappa shape index (κ1) is 95.3. The number of esters is 4. The Morgan fingerprint density at radius 2 is 0.760 bits per heavy atom. The lowest BCUT2D eigenvalue weighted by Gasteiger charge is -2.43. The number of ketones is 1. The predicted octanol–water partition coefficient (Wildman–Crippen LogP) is 12.9. The van der Waals surface area contributed by atoms with Gasteiger partial charge in [-0.25, -0.2) is 33.0 Å². The van der Waals surface area contributed by atoms with Crippen molar-refractivity contribution >= 4 is 112 Å². The first-order valence-corrected chi connectivity index (χ1v) is 43.2. The van der Waals surface area contributed by atoms with Crippen LogP contribution in [0.5, 0.6) is 0 Å². The molecule has 30 nitrogen and oxygen atoms in total. The standard InChI is InChI=1S/C44H52N4O10S2.C32H33N3O5S.C11H20N2O6S/c1-10-55-38(51)42(6,7)28-56-60(53,54)48-29(2)33(37(48)50)26-35(49)36(47-58-43(8,9)39(52)57-41(3,4)5)34-27-59-40(45-34)46-44(30-20-14-11-15-21-30,31-22-16-12-17-23-31)32-24-18-13-19-25-32;1-30(2,3)39-28(38)31(4,5)40-35-26(27(36)37)25-21-41-29(33-25)34-32(22-15-9-6-10-16-22,23-17-11-7-12-18-23)24-19-13-8-14-20-24;1-5-18-10(15)11(3,4)6-19-20(16,17)13-7(2)8(12)9(13)14/h11-25,27,29,33H,10,26,28H2,1-9H3,(H,45,46);6-21H,1-5H3,(H,33,34)(H,36,37);7-8H,5-6,12H2,1-4H3/b47-36-;35-26-;/t29-,33-;;7-,8-/m0.0/s1. The average molecular weight is 1740 g/mol. The highest BCUT2D eigenvalue weighted by atomic mass is 32.2. The summed E-state index contributed by atoms with van der Waals surface area (Å²) in [6, 6.07) is 57.0. The molecule has 0 aliphatic carbocycles. The molecule has 648 valence electrons. The molecule has 34 heteroatoms. The van der Waals surface area contributed by atoms with Crippen LogP contribution >= 0.6 is 22.7 Å². The van der Waals surface area contributed by atoms with Gasteiger partial charge in [-0.2, -0.15) is 16.8 Å². The third kappa shape index (κ3) is 23.3. The van der Waals surface area contributed by atoms with E-state index in [-0.39, 0.29) is 30.3 Å². The molecule has 0 radical (unpaired) electrons. The second-order valence-electron chi connectivity index (χ2n) is 32.6. The zero-order valence-electron chi connectivity index (χ0n) is 70.8. The van der Waals surface area contributed by atoms with Crippen molar-refractivity contribution in [1.82, 2.24) is 18.6 Å². The van der Waals surface area contributed by atoms with Crippen LogP contribution in [0, 0.1) is 16.7 Å². The van der Waals surface area contributed by atoms with E-state index in [2.05, 4.69) is 25.9 Å². The lowest BCUT2D eigenvalue weighted by atomic mass is 9.77. The average Bonchev–Trinajstić information content (AvgIpc) is 1.75. The molecule has 2 aromatic heterocycles. The van der Waals surface area contributed by atoms with Gasteiger partial charge in [0.05, 0.1) is 55.3 Å². The number of carbonyl (C=O) groups is 8. The molecule has 121 heavy (non-hydrogen) atoms. The van der Waals surface area contributed by atoms with Crippen molar-refractivity contribution in [2.75, 3.05) is 37.1 Å². The number of carboxylic acids is 1. The fourth-order valence-corrected chi connectivity index (χ4v) is 16.6. The minimum atomic E-state index is -4.64. The molecule has 8 aromatic rings. The van der Waals surface area contributed by atoms with Crippen molar-refractivity contribution in [3.8, 4) is 0 Å². The van der Waals surface area contributed by atoms with Crippen molar-refractivity contribution in [3.63, 3.8) is 0 Å². The smallest absolute Gasteiger partial charge is 0.365 e. The molecule has 2 saturated heterocycles. The molecule has 6 aromatic carbocycles. The summed E-state index contributed by atoms with van der Waals surface area (Å²) in [6.45, 7) is 27.6. The van der Waals surface area contributed by atoms with Gasteiger partial charge in [-0.3, -0.25) is 32.3 Å². The zero-order valence-corrected chi connectivity index (χ0v) is 74.1. The van der Waals surface area contributed by atoms with Gasteiger partial charge in [-0.15, -0.1) is 22.7 Å². The first-order valence-electron chi connectivity index (χ1n) is 38.7. The third-order valence-electron chi connectivity index (χ3n) is 18.9. The summed E-state index contributed by atoms with van der Waals surface area (Å²) in [6.07, 6.45) is -0.475. The number of carbonyl (C=O) groups excluding carboxylic acids is 7. The number of aromatic nitrogens is 2. The molecule has 2 aliphatic rings. The van der Waals surface area contributed by atoms with Gasteiger partial charge < -0.3 is 50.1 Å². The van der Waals surface area contributed by atoms with E-state index in [1.54, 1.807) is 66.2 Å². The molecule has 5 N–H and O–H groups in total. The largest absolute Gasteiger partial charge is 0.476 e. The number of nitrogens with one attached hydrogen (secondary N) is 2. The number of benzene rings is 6. The molecule has 0 spiro atoms. The predicted molar refractivity (Wildman–Crippen MR) is 457 cm³/mol. The van der Waals surface area contributed by atoms with Gasteiger partial charge in [0, 0.05) is 17.2 Å². The molecule has 0 bridgehead atoms. The van der Waals surface area contributed by atoms with Crippen LogP contribution in [0.4, 0.5) is 10.3 Å². The van der Waals surface area contributed by atoms with Gasteiger partial charge in [0.15, 0.2) is 21.8 Å². The topological polar surface area (TPSA) is 406 Å². The van der Waals surface area contributed by atoms with Crippen LogP contribution in [0.15, 0.2) is 203 Å². The summed E-state index contributed by atoms with van der Waals surface area (Å²) in [5, 5.41) is 29.3. The molecular weight excluding hydrogens is 1640 g/mol. The van der Waals surface area contributed by atoms with E-state index in [1.165, 1.54) is 91.9 Å². The van der Waals surface area contributed by atoms with E-state index < -0.39 is 162 Å². The van der Waals surface area contributed by atoms with Gasteiger partial charge >= 0.3 is 50.5 Å². The van der Waals surface area contributed by atoms with Gasteiger partial charge in [-0.1, -0.05) is 192 Å². The lowest BCUT2D eigenvalue weighted by molar-refractivity contribution is -0.180. The van der Waals surface area contributed by atoms with Crippen molar-refractivity contribution in [2.24, 2.45) is 32.8 Å². The maximum absolute atomic E-state index is 14.3. The second kappa shape index (κ2) is 39.1. The van der Waals surface area contributed by atoms with E-state index in [1.807, 2.05) is 182 Å². The Hall–Kier alpha value is -11.1. The van der Waals surface area contributed by atoms with E-state index in [0.717, 1.165) is 33.4 Å². The van der Waals surface area contributed by atoms with Gasteiger partial charge in [0.25, 0.3) is 5.91 Å². The number of rotatable bonds is 34. The van der Waals surface area contributed by atoms with Crippen LogP contribution in [-0.4, -0.2) is 166 Å². The molecule has 4 heterocycles. The number of oxime groups is 2. The Kier molecular flexibility index (Phi) is 30.8. The normalized spacial score (nSPS) is 16.3. The molecular formula is C87H105N9O21S4. The van der Waals surface area contributed by atoms with Crippen LogP contribution in [0.25, 0.3) is 0 Å². The summed E-state index contributed by atoms with van der Waals surface area (Å²) in [5.74, 6) is -7.37. The number of ether oxygens (including phenoxy) is 4. The summed E-state index contributed by atoms with van der Waals surface area (Å²) in [7, 11) is -8.88. The Bertz CT molecular complexity index is 5060. The van der Waals surface area contributed by atoms with Crippen molar-refractivity contribution in [3.05, 3.63) is 238 Å². The molecule has 10 rings (SSSR count). The molecule has 2 fully saturated rings. The summed E-state index contributed by atoms with van der Waals surface area (Å²) in [5.41, 5.74) is 1.54. The van der Waals surface area contributed by atoms with Crippen LogP contribution in [0.2, 0.25) is 0 Å². The molecule has 0 saturated carbocycles. The van der Waals surface area contributed by atoms with Gasteiger partial charge in [0.2, 0.25) is 22.8 Å². The maximum atomic E-state index is 14.3. The fraction of sp³-hybridized carbons (Fsp3) is 0.402. The summed E-state index contributed by atoms with van der Waals surface area (Å²) >= 11 is 2.44. The Labute approximate surface area is 714 Å². The first-order chi connectivity index (χ1) is 56.6. The number of β-lactam (4-membered cyclic amide) rings is 2. The SMILES string of the molecule is CC(C)(C)OC(=O)C(C)(C)O/N=C(\C(=O)O)c1csc(NC(c2ccccc2)(c2ccccc2)c2ccccc2)n1.CCOC(=O)C(C)(C)COS(=O)(=O)N1C(=O)[C@@H](CC(=O)/C(=N\OC(C)(C)C(=O)OC(C)(C)C)c2csc(NC(c3ccccc3)(c3ccccc3)c3ccccc3)n2)[C@@H]1C.CCOC(=O)C(C)(C)COS(=O)(=O)N1C(=O)[C@@H](N)[C@@H]1C. The maximum Gasteiger partial charge on any atom is 0.365 e. The lowest BCUT2D eigenvalue weighted by Crippen LogP contribution is -2.69. The van der Waals surface area contributed by atoms with Crippen LogP contribution in [-0.2, 0) is 107 Å². The van der Waals surface area contributed by atoms with Crippen molar-refractivity contribution < 1.29 is 97.3 Å². The number of anilines is 2. The fourth-order valence-electron chi connectivity index (χ4n) is 12.2. The molecule has 0 unspecified atom stereocenters. The Morgan fingerprint density at radius 3 is 1.04 bits per heavy atom. The van der Waals surface area contributed by atoms with E-state index in [9.17, 15) is 60.3 Å².